The molecular formula is C20H24N4OS. The van der Waals surface area contributed by atoms with Gasteiger partial charge in [0.2, 0.25) is 5.91 Å². The quantitative estimate of drug-likeness (QED) is 0.643. The first-order valence-corrected chi connectivity index (χ1v) is 9.82. The summed E-state index contributed by atoms with van der Waals surface area (Å²) < 4.78 is 1.88. The standard InChI is InChI=1S/C20H24N4OS/c1-14(2)12-16-7-9-17(10-8-16)15(3)21-19(25)13-26-20-23-22-18-6-4-5-11-24(18)20/h4-11,14-15H,12-13H2,1-3H3,(H,21,25). The summed E-state index contributed by atoms with van der Waals surface area (Å²) in [7, 11) is 0. The van der Waals surface area contributed by atoms with Crippen molar-refractivity contribution in [3.8, 4) is 0 Å². The van der Waals surface area contributed by atoms with Crippen LogP contribution in [0, 0.1) is 5.92 Å². The van der Waals surface area contributed by atoms with Crippen molar-refractivity contribution < 1.29 is 4.79 Å². The van der Waals surface area contributed by atoms with Crippen LogP contribution >= 0.6 is 11.8 Å². The number of benzene rings is 1. The highest BCUT2D eigenvalue weighted by atomic mass is 32.2. The molecule has 1 atom stereocenters. The van der Waals surface area contributed by atoms with Crippen LogP contribution in [0.1, 0.15) is 37.9 Å². The van der Waals surface area contributed by atoms with Gasteiger partial charge in [0.1, 0.15) is 0 Å². The van der Waals surface area contributed by atoms with Gasteiger partial charge in [-0.1, -0.05) is 55.9 Å². The molecule has 3 aromatic rings. The average Bonchev–Trinajstić information content (AvgIpc) is 3.03. The van der Waals surface area contributed by atoms with Crippen LogP contribution in [0.25, 0.3) is 5.65 Å². The first kappa shape index (κ1) is 18.5. The van der Waals surface area contributed by atoms with E-state index in [0.717, 1.165) is 22.8 Å². The fourth-order valence-electron chi connectivity index (χ4n) is 2.83. The number of amides is 1. The minimum atomic E-state index is -0.0219. The van der Waals surface area contributed by atoms with E-state index in [9.17, 15) is 4.79 Å². The van der Waals surface area contributed by atoms with E-state index in [2.05, 4.69) is 53.6 Å². The number of rotatable bonds is 7. The third-order valence-corrected chi connectivity index (χ3v) is 5.06. The van der Waals surface area contributed by atoms with Crippen molar-refractivity contribution in [3.05, 3.63) is 59.8 Å². The lowest BCUT2D eigenvalue weighted by Crippen LogP contribution is -2.28. The van der Waals surface area contributed by atoms with Gasteiger partial charge in [0, 0.05) is 6.20 Å². The number of aromatic nitrogens is 3. The fourth-order valence-corrected chi connectivity index (χ4v) is 3.56. The minimum Gasteiger partial charge on any atom is -0.349 e. The molecule has 0 aliphatic rings. The van der Waals surface area contributed by atoms with Crippen molar-refractivity contribution >= 4 is 23.3 Å². The molecule has 5 nitrogen and oxygen atoms in total. The third-order valence-electron chi connectivity index (χ3n) is 4.12. The summed E-state index contributed by atoms with van der Waals surface area (Å²) in [4.78, 5) is 12.3. The van der Waals surface area contributed by atoms with E-state index < -0.39 is 0 Å². The van der Waals surface area contributed by atoms with Crippen molar-refractivity contribution in [2.45, 2.75) is 38.4 Å². The molecule has 0 fully saturated rings. The second-order valence-corrected chi connectivity index (χ2v) is 7.77. The zero-order valence-corrected chi connectivity index (χ0v) is 16.2. The molecule has 136 valence electrons. The Balaban J connectivity index is 1.54. The first-order valence-electron chi connectivity index (χ1n) is 8.83. The van der Waals surface area contributed by atoms with Gasteiger partial charge in [-0.2, -0.15) is 0 Å². The van der Waals surface area contributed by atoms with Gasteiger partial charge in [0.25, 0.3) is 0 Å². The van der Waals surface area contributed by atoms with Gasteiger partial charge < -0.3 is 5.32 Å². The Morgan fingerprint density at radius 2 is 1.88 bits per heavy atom. The molecule has 1 N–H and O–H groups in total. The summed E-state index contributed by atoms with van der Waals surface area (Å²) in [5.74, 6) is 0.940. The number of nitrogens with zero attached hydrogens (tertiary/aromatic N) is 3. The number of hydrogen-bond donors (Lipinski definition) is 1. The van der Waals surface area contributed by atoms with Crippen molar-refractivity contribution in [2.75, 3.05) is 5.75 Å². The van der Waals surface area contributed by atoms with Crippen LogP contribution < -0.4 is 5.32 Å². The Labute approximate surface area is 158 Å². The lowest BCUT2D eigenvalue weighted by molar-refractivity contribution is -0.119. The average molecular weight is 369 g/mol. The van der Waals surface area contributed by atoms with Crippen molar-refractivity contribution in [1.82, 2.24) is 19.9 Å². The molecule has 0 saturated carbocycles. The molecule has 6 heteroatoms. The van der Waals surface area contributed by atoms with Gasteiger partial charge in [-0.15, -0.1) is 10.2 Å². The molecule has 1 unspecified atom stereocenters. The molecule has 0 bridgehead atoms. The van der Waals surface area contributed by atoms with Gasteiger partial charge in [0.05, 0.1) is 11.8 Å². The van der Waals surface area contributed by atoms with E-state index in [1.54, 1.807) is 0 Å². The minimum absolute atomic E-state index is 0.0126. The van der Waals surface area contributed by atoms with Gasteiger partial charge in [-0.3, -0.25) is 9.20 Å². The van der Waals surface area contributed by atoms with E-state index in [1.807, 2.05) is 35.7 Å². The number of carbonyl (C=O) groups is 1. The Hall–Kier alpha value is -2.34. The third kappa shape index (κ3) is 4.64. The Kier molecular flexibility index (Phi) is 5.93. The monoisotopic (exact) mass is 368 g/mol. The van der Waals surface area contributed by atoms with Crippen LogP contribution in [0.15, 0.2) is 53.8 Å². The van der Waals surface area contributed by atoms with Crippen LogP contribution in [-0.4, -0.2) is 26.3 Å². The number of carbonyl (C=O) groups excluding carboxylic acids is 1. The molecule has 0 radical (unpaired) electrons. The summed E-state index contributed by atoms with van der Waals surface area (Å²) in [5.41, 5.74) is 3.23. The van der Waals surface area contributed by atoms with Gasteiger partial charge >= 0.3 is 0 Å². The predicted molar refractivity (Wildman–Crippen MR) is 105 cm³/mol. The summed E-state index contributed by atoms with van der Waals surface area (Å²) in [6.07, 6.45) is 2.97. The van der Waals surface area contributed by atoms with Gasteiger partial charge in [-0.25, -0.2) is 0 Å². The second-order valence-electron chi connectivity index (χ2n) is 6.83. The lowest BCUT2D eigenvalue weighted by Gasteiger charge is -2.15. The fraction of sp³-hybridized carbons (Fsp3) is 0.350. The molecule has 0 spiro atoms. The topological polar surface area (TPSA) is 59.3 Å². The normalized spacial score (nSPS) is 12.5. The van der Waals surface area contributed by atoms with Crippen molar-refractivity contribution in [3.63, 3.8) is 0 Å². The Morgan fingerprint density at radius 1 is 1.12 bits per heavy atom. The highest BCUT2D eigenvalue weighted by molar-refractivity contribution is 7.99. The lowest BCUT2D eigenvalue weighted by atomic mass is 10.00. The van der Waals surface area contributed by atoms with Crippen LogP contribution in [0.2, 0.25) is 0 Å². The zero-order chi connectivity index (χ0) is 18.5. The Morgan fingerprint density at radius 3 is 2.62 bits per heavy atom. The molecule has 1 aromatic carbocycles. The molecule has 2 aromatic heterocycles. The molecule has 2 heterocycles. The maximum atomic E-state index is 12.3. The number of hydrogen-bond acceptors (Lipinski definition) is 4. The smallest absolute Gasteiger partial charge is 0.230 e. The van der Waals surface area contributed by atoms with E-state index in [0.29, 0.717) is 11.7 Å². The van der Waals surface area contributed by atoms with E-state index in [-0.39, 0.29) is 11.9 Å². The summed E-state index contributed by atoms with van der Waals surface area (Å²) in [5, 5.41) is 12.0. The maximum Gasteiger partial charge on any atom is 0.230 e. The highest BCUT2D eigenvalue weighted by Gasteiger charge is 2.12. The molecular weight excluding hydrogens is 344 g/mol. The van der Waals surface area contributed by atoms with Gasteiger partial charge in [0.15, 0.2) is 10.8 Å². The maximum absolute atomic E-state index is 12.3. The molecule has 0 aliphatic carbocycles. The molecule has 0 aliphatic heterocycles. The van der Waals surface area contributed by atoms with E-state index >= 15 is 0 Å². The van der Waals surface area contributed by atoms with Gasteiger partial charge in [-0.05, 0) is 42.5 Å². The van der Waals surface area contributed by atoms with Crippen LogP contribution in [0.5, 0.6) is 0 Å². The predicted octanol–water partition coefficient (Wildman–Crippen LogP) is 3.90. The zero-order valence-electron chi connectivity index (χ0n) is 15.3. The highest BCUT2D eigenvalue weighted by Crippen LogP contribution is 2.18. The SMILES string of the molecule is CC(C)Cc1ccc(C(C)NC(=O)CSc2nnc3ccccn23)cc1. The molecule has 1 amide bonds. The molecule has 3 rings (SSSR count). The van der Waals surface area contributed by atoms with Crippen molar-refractivity contribution in [2.24, 2.45) is 5.92 Å². The van der Waals surface area contributed by atoms with E-state index in [1.165, 1.54) is 17.3 Å². The van der Waals surface area contributed by atoms with Crippen LogP contribution in [0.3, 0.4) is 0 Å². The molecule has 0 saturated heterocycles. The first-order chi connectivity index (χ1) is 12.5. The number of nitrogens with one attached hydrogen (secondary N) is 1. The summed E-state index contributed by atoms with van der Waals surface area (Å²) in [6.45, 7) is 6.44. The summed E-state index contributed by atoms with van der Waals surface area (Å²) in [6, 6.07) is 14.2. The van der Waals surface area contributed by atoms with Crippen LogP contribution in [-0.2, 0) is 11.2 Å². The number of pyridine rings is 1. The number of fused-ring (bicyclic) bond motifs is 1. The molecule has 26 heavy (non-hydrogen) atoms. The van der Waals surface area contributed by atoms with Crippen LogP contribution in [0.4, 0.5) is 0 Å². The van der Waals surface area contributed by atoms with E-state index in [4.69, 9.17) is 0 Å². The largest absolute Gasteiger partial charge is 0.349 e. The Bertz CT molecular complexity index is 873. The summed E-state index contributed by atoms with van der Waals surface area (Å²) >= 11 is 1.39. The second kappa shape index (κ2) is 8.36. The van der Waals surface area contributed by atoms with Crippen molar-refractivity contribution in [1.29, 1.82) is 0 Å². The number of thioether (sulfide) groups is 1.